The van der Waals surface area contributed by atoms with Gasteiger partial charge in [-0.25, -0.2) is 0 Å². The van der Waals surface area contributed by atoms with Crippen molar-refractivity contribution in [2.45, 2.75) is 39.2 Å². The monoisotopic (exact) mass is 228 g/mol. The van der Waals surface area contributed by atoms with E-state index in [0.717, 1.165) is 25.9 Å². The molecular weight excluding hydrogens is 204 g/mol. The molecule has 0 aromatic rings. The molecule has 1 saturated heterocycles. The highest BCUT2D eigenvalue weighted by atomic mass is 16.3. The molecule has 2 atom stereocenters. The van der Waals surface area contributed by atoms with E-state index in [0.29, 0.717) is 12.3 Å². The maximum atomic E-state index is 11.7. The summed E-state index contributed by atoms with van der Waals surface area (Å²) in [4.78, 5) is 11.7. The van der Waals surface area contributed by atoms with Crippen molar-refractivity contribution < 1.29 is 9.90 Å². The molecule has 0 spiro atoms. The van der Waals surface area contributed by atoms with Crippen LogP contribution in [0.1, 0.15) is 33.1 Å². The van der Waals surface area contributed by atoms with Gasteiger partial charge in [0, 0.05) is 19.1 Å². The minimum Gasteiger partial charge on any atom is -0.396 e. The molecule has 1 aliphatic heterocycles. The van der Waals surface area contributed by atoms with Crippen molar-refractivity contribution in [2.75, 3.05) is 19.7 Å². The highest BCUT2D eigenvalue weighted by Gasteiger charge is 2.19. The fraction of sp³-hybridized carbons (Fsp3) is 0.917. The highest BCUT2D eigenvalue weighted by molar-refractivity contribution is 5.76. The molecule has 1 amide bonds. The van der Waals surface area contributed by atoms with E-state index in [1.54, 1.807) is 0 Å². The van der Waals surface area contributed by atoms with Gasteiger partial charge in [0.1, 0.15) is 0 Å². The molecule has 1 fully saturated rings. The summed E-state index contributed by atoms with van der Waals surface area (Å²) >= 11 is 0. The molecule has 16 heavy (non-hydrogen) atoms. The van der Waals surface area contributed by atoms with Crippen molar-refractivity contribution in [1.29, 1.82) is 0 Å². The Bertz CT molecular complexity index is 209. The molecule has 0 aromatic carbocycles. The molecule has 0 radical (unpaired) electrons. The normalized spacial score (nSPS) is 21.4. The van der Waals surface area contributed by atoms with Crippen LogP contribution in [0.25, 0.3) is 0 Å². The second kappa shape index (κ2) is 6.86. The zero-order valence-electron chi connectivity index (χ0n) is 10.3. The van der Waals surface area contributed by atoms with Crippen LogP contribution in [0.4, 0.5) is 0 Å². The number of aliphatic hydroxyl groups excluding tert-OH is 1. The number of hydrogen-bond donors (Lipinski definition) is 3. The largest absolute Gasteiger partial charge is 0.396 e. The summed E-state index contributed by atoms with van der Waals surface area (Å²) < 4.78 is 0. The Labute approximate surface area is 97.8 Å². The van der Waals surface area contributed by atoms with Gasteiger partial charge in [-0.15, -0.1) is 0 Å². The number of carbonyl (C=O) groups excluding carboxylic acids is 1. The van der Waals surface area contributed by atoms with Crippen LogP contribution in [0.5, 0.6) is 0 Å². The molecular formula is C12H24N2O2. The Morgan fingerprint density at radius 2 is 2.06 bits per heavy atom. The topological polar surface area (TPSA) is 61.4 Å². The molecule has 4 heteroatoms. The summed E-state index contributed by atoms with van der Waals surface area (Å²) in [6.45, 7) is 6.06. The predicted octanol–water partition coefficient (Wildman–Crippen LogP) is 0.509. The van der Waals surface area contributed by atoms with Gasteiger partial charge in [-0.1, -0.05) is 6.92 Å². The van der Waals surface area contributed by atoms with Crippen LogP contribution in [0.15, 0.2) is 0 Å². The summed E-state index contributed by atoms with van der Waals surface area (Å²) in [5.41, 5.74) is 0. The number of carbonyl (C=O) groups is 1. The van der Waals surface area contributed by atoms with Crippen LogP contribution in [-0.4, -0.2) is 36.8 Å². The molecule has 0 aliphatic carbocycles. The van der Waals surface area contributed by atoms with E-state index >= 15 is 0 Å². The van der Waals surface area contributed by atoms with E-state index in [-0.39, 0.29) is 24.5 Å². The Morgan fingerprint density at radius 1 is 1.44 bits per heavy atom. The fourth-order valence-electron chi connectivity index (χ4n) is 1.96. The lowest BCUT2D eigenvalue weighted by atomic mass is 9.94. The zero-order valence-corrected chi connectivity index (χ0v) is 10.3. The molecule has 3 N–H and O–H groups in total. The third-order valence-corrected chi connectivity index (χ3v) is 3.46. The van der Waals surface area contributed by atoms with Crippen molar-refractivity contribution in [3.8, 4) is 0 Å². The molecule has 0 bridgehead atoms. The Hall–Kier alpha value is -0.610. The van der Waals surface area contributed by atoms with Crippen molar-refractivity contribution >= 4 is 5.91 Å². The van der Waals surface area contributed by atoms with Gasteiger partial charge < -0.3 is 15.7 Å². The quantitative estimate of drug-likeness (QED) is 0.642. The summed E-state index contributed by atoms with van der Waals surface area (Å²) in [6, 6.07) is 0.0548. The van der Waals surface area contributed by atoms with Gasteiger partial charge in [-0.3, -0.25) is 4.79 Å². The van der Waals surface area contributed by atoms with Crippen LogP contribution in [-0.2, 0) is 4.79 Å². The van der Waals surface area contributed by atoms with E-state index < -0.39 is 0 Å². The molecule has 0 saturated carbocycles. The second-order valence-corrected chi connectivity index (χ2v) is 4.91. The van der Waals surface area contributed by atoms with Crippen molar-refractivity contribution in [3.63, 3.8) is 0 Å². The highest BCUT2D eigenvalue weighted by Crippen LogP contribution is 2.15. The molecule has 1 rings (SSSR count). The van der Waals surface area contributed by atoms with Gasteiger partial charge in [0.2, 0.25) is 5.91 Å². The summed E-state index contributed by atoms with van der Waals surface area (Å²) in [6.07, 6.45) is 2.82. The summed E-state index contributed by atoms with van der Waals surface area (Å²) in [5.74, 6) is 0.773. The van der Waals surface area contributed by atoms with Gasteiger partial charge in [0.05, 0.1) is 0 Å². The SMILES string of the molecule is CC(CO)C(C)NC(=O)CC1CCNCC1. The van der Waals surface area contributed by atoms with Crippen LogP contribution in [0.2, 0.25) is 0 Å². The van der Waals surface area contributed by atoms with Gasteiger partial charge in [-0.05, 0) is 44.7 Å². The maximum Gasteiger partial charge on any atom is 0.220 e. The Morgan fingerprint density at radius 3 is 2.62 bits per heavy atom. The summed E-state index contributed by atoms with van der Waals surface area (Å²) in [5, 5.41) is 15.2. The van der Waals surface area contributed by atoms with Crippen LogP contribution >= 0.6 is 0 Å². The average molecular weight is 228 g/mol. The standard InChI is InChI=1S/C12H24N2O2/c1-9(8-15)10(2)14-12(16)7-11-3-5-13-6-4-11/h9-11,13,15H,3-8H2,1-2H3,(H,14,16). The number of aliphatic hydroxyl groups is 1. The molecule has 2 unspecified atom stereocenters. The minimum atomic E-state index is 0.0548. The first kappa shape index (κ1) is 13.5. The lowest BCUT2D eigenvalue weighted by Gasteiger charge is -2.24. The zero-order chi connectivity index (χ0) is 12.0. The molecule has 1 aliphatic rings. The molecule has 1 heterocycles. The third-order valence-electron chi connectivity index (χ3n) is 3.46. The number of amides is 1. The maximum absolute atomic E-state index is 11.7. The molecule has 0 aromatic heterocycles. The fourth-order valence-corrected chi connectivity index (χ4v) is 1.96. The van der Waals surface area contributed by atoms with Gasteiger partial charge in [0.15, 0.2) is 0 Å². The first-order valence-electron chi connectivity index (χ1n) is 6.24. The molecule has 94 valence electrons. The van der Waals surface area contributed by atoms with Crippen LogP contribution in [0.3, 0.4) is 0 Å². The Balaban J connectivity index is 2.23. The van der Waals surface area contributed by atoms with Crippen LogP contribution < -0.4 is 10.6 Å². The number of nitrogens with one attached hydrogen (secondary N) is 2. The van der Waals surface area contributed by atoms with Crippen molar-refractivity contribution in [1.82, 2.24) is 10.6 Å². The number of rotatable bonds is 5. The van der Waals surface area contributed by atoms with Gasteiger partial charge in [-0.2, -0.15) is 0 Å². The minimum absolute atomic E-state index is 0.0548. The van der Waals surface area contributed by atoms with E-state index in [4.69, 9.17) is 5.11 Å². The lowest BCUT2D eigenvalue weighted by molar-refractivity contribution is -0.123. The smallest absolute Gasteiger partial charge is 0.220 e. The van der Waals surface area contributed by atoms with Crippen molar-refractivity contribution in [3.05, 3.63) is 0 Å². The van der Waals surface area contributed by atoms with Gasteiger partial charge >= 0.3 is 0 Å². The third kappa shape index (κ3) is 4.49. The predicted molar refractivity (Wildman–Crippen MR) is 64.1 cm³/mol. The van der Waals surface area contributed by atoms with E-state index in [9.17, 15) is 4.79 Å². The lowest BCUT2D eigenvalue weighted by Crippen LogP contribution is -2.40. The average Bonchev–Trinajstić information content (AvgIpc) is 2.29. The molecule has 4 nitrogen and oxygen atoms in total. The van der Waals surface area contributed by atoms with E-state index in [2.05, 4.69) is 10.6 Å². The van der Waals surface area contributed by atoms with Crippen LogP contribution in [0, 0.1) is 11.8 Å². The Kier molecular flexibility index (Phi) is 5.77. The number of piperidine rings is 1. The first-order valence-corrected chi connectivity index (χ1v) is 6.24. The first-order chi connectivity index (χ1) is 7.63. The summed E-state index contributed by atoms with van der Waals surface area (Å²) in [7, 11) is 0. The second-order valence-electron chi connectivity index (χ2n) is 4.91. The van der Waals surface area contributed by atoms with E-state index in [1.165, 1.54) is 0 Å². The van der Waals surface area contributed by atoms with Gasteiger partial charge in [0.25, 0.3) is 0 Å². The number of hydrogen-bond acceptors (Lipinski definition) is 3. The van der Waals surface area contributed by atoms with Crippen molar-refractivity contribution in [2.24, 2.45) is 11.8 Å². The van der Waals surface area contributed by atoms with E-state index in [1.807, 2.05) is 13.8 Å².